The molecule has 1 amide bonds. The summed E-state index contributed by atoms with van der Waals surface area (Å²) in [6, 6.07) is 14.8. The number of aromatic amines is 1. The van der Waals surface area contributed by atoms with Crippen LogP contribution in [0.3, 0.4) is 0 Å². The van der Waals surface area contributed by atoms with Gasteiger partial charge in [0.25, 0.3) is 5.56 Å². The van der Waals surface area contributed by atoms with Crippen LogP contribution in [0.5, 0.6) is 0 Å². The summed E-state index contributed by atoms with van der Waals surface area (Å²) in [5, 5.41) is 11.5. The van der Waals surface area contributed by atoms with Crippen LogP contribution in [0, 0.1) is 6.92 Å². The van der Waals surface area contributed by atoms with E-state index in [0.29, 0.717) is 10.7 Å². The zero-order valence-corrected chi connectivity index (χ0v) is 16.6. The van der Waals surface area contributed by atoms with Crippen molar-refractivity contribution in [2.45, 2.75) is 12.1 Å². The van der Waals surface area contributed by atoms with Crippen LogP contribution >= 0.6 is 23.4 Å². The van der Waals surface area contributed by atoms with Gasteiger partial charge in [0.1, 0.15) is 0 Å². The first kappa shape index (κ1) is 19.9. The van der Waals surface area contributed by atoms with Gasteiger partial charge in [-0.05, 0) is 36.3 Å². The Morgan fingerprint density at radius 3 is 2.71 bits per heavy atom. The van der Waals surface area contributed by atoms with Gasteiger partial charge in [0.2, 0.25) is 5.91 Å². The highest BCUT2D eigenvalue weighted by Gasteiger charge is 2.09. The molecule has 1 heterocycles. The van der Waals surface area contributed by atoms with E-state index in [1.807, 2.05) is 43.3 Å². The monoisotopic (exact) mass is 412 g/mol. The van der Waals surface area contributed by atoms with E-state index >= 15 is 0 Å². The van der Waals surface area contributed by atoms with Crippen LogP contribution < -0.4 is 10.9 Å². The third kappa shape index (κ3) is 5.55. The van der Waals surface area contributed by atoms with Crippen LogP contribution in [-0.2, 0) is 4.79 Å². The molecule has 2 N–H and O–H groups in total. The summed E-state index contributed by atoms with van der Waals surface area (Å²) in [6.07, 6.45) is 3.39. The van der Waals surface area contributed by atoms with Gasteiger partial charge >= 0.3 is 0 Å². The summed E-state index contributed by atoms with van der Waals surface area (Å²) in [6.45, 7) is 1.88. The number of nitrogens with one attached hydrogen (secondary N) is 2. The Kier molecular flexibility index (Phi) is 6.62. The van der Waals surface area contributed by atoms with E-state index in [0.717, 1.165) is 22.9 Å². The zero-order chi connectivity index (χ0) is 19.9. The molecule has 0 saturated heterocycles. The fourth-order valence-corrected chi connectivity index (χ4v) is 3.07. The van der Waals surface area contributed by atoms with Gasteiger partial charge in [0, 0.05) is 10.7 Å². The molecule has 0 atom stereocenters. The van der Waals surface area contributed by atoms with Gasteiger partial charge in [-0.15, -0.1) is 10.2 Å². The van der Waals surface area contributed by atoms with Crippen molar-refractivity contribution in [1.29, 1.82) is 0 Å². The van der Waals surface area contributed by atoms with Crippen molar-refractivity contribution in [2.75, 3.05) is 11.1 Å². The summed E-state index contributed by atoms with van der Waals surface area (Å²) < 4.78 is 0. The van der Waals surface area contributed by atoms with E-state index in [-0.39, 0.29) is 28.1 Å². The number of benzene rings is 2. The molecular formula is C20H17ClN4O2S. The summed E-state index contributed by atoms with van der Waals surface area (Å²) in [5.41, 5.74) is 2.35. The van der Waals surface area contributed by atoms with Gasteiger partial charge < -0.3 is 5.32 Å². The van der Waals surface area contributed by atoms with Crippen LogP contribution in [-0.4, -0.2) is 26.8 Å². The van der Waals surface area contributed by atoms with Crippen molar-refractivity contribution < 1.29 is 4.79 Å². The Labute approximate surface area is 171 Å². The Morgan fingerprint density at radius 1 is 1.18 bits per heavy atom. The maximum absolute atomic E-state index is 12.1. The fraction of sp³-hybridized carbons (Fsp3) is 0.100. The van der Waals surface area contributed by atoms with Crippen LogP contribution in [0.2, 0.25) is 5.02 Å². The summed E-state index contributed by atoms with van der Waals surface area (Å²) in [7, 11) is 0. The molecule has 0 saturated carbocycles. The third-order valence-corrected chi connectivity index (χ3v) is 4.85. The summed E-state index contributed by atoms with van der Waals surface area (Å²) >= 11 is 7.05. The van der Waals surface area contributed by atoms with E-state index in [9.17, 15) is 9.59 Å². The lowest BCUT2D eigenvalue weighted by Gasteiger charge is -2.08. The van der Waals surface area contributed by atoms with Gasteiger partial charge in [-0.3, -0.25) is 14.6 Å². The van der Waals surface area contributed by atoms with Gasteiger partial charge in [-0.25, -0.2) is 0 Å². The first-order chi connectivity index (χ1) is 13.5. The Bertz CT molecular complexity index is 1070. The minimum Gasteiger partial charge on any atom is -0.325 e. The van der Waals surface area contributed by atoms with Crippen molar-refractivity contribution in [1.82, 2.24) is 15.2 Å². The topological polar surface area (TPSA) is 87.7 Å². The average Bonchev–Trinajstić information content (AvgIpc) is 2.69. The minimum absolute atomic E-state index is 0.0791. The van der Waals surface area contributed by atoms with Gasteiger partial charge in [-0.2, -0.15) is 0 Å². The van der Waals surface area contributed by atoms with Crippen LogP contribution in [0.1, 0.15) is 16.8 Å². The molecule has 2 aromatic carbocycles. The molecule has 28 heavy (non-hydrogen) atoms. The molecule has 0 unspecified atom stereocenters. The van der Waals surface area contributed by atoms with Crippen LogP contribution in [0.25, 0.3) is 12.2 Å². The standard InChI is InChI=1S/C20H17ClN4O2S/c1-13-7-9-15(21)11-17(13)22-18(26)12-28-20-23-19(27)16(24-25-20)10-8-14-5-3-2-4-6-14/h2-11H,12H2,1H3,(H,22,26)(H,23,25,27)/b10-8+. The molecule has 0 aliphatic heterocycles. The normalized spacial score (nSPS) is 10.9. The molecule has 142 valence electrons. The van der Waals surface area contributed by atoms with Crippen molar-refractivity contribution in [3.8, 4) is 0 Å². The number of carbonyl (C=O) groups excluding carboxylic acids is 1. The van der Waals surface area contributed by atoms with Crippen molar-refractivity contribution in [3.05, 3.63) is 80.7 Å². The van der Waals surface area contributed by atoms with Crippen LogP contribution in [0.15, 0.2) is 58.5 Å². The van der Waals surface area contributed by atoms with E-state index in [4.69, 9.17) is 11.6 Å². The number of H-pyrrole nitrogens is 1. The van der Waals surface area contributed by atoms with Crippen LogP contribution in [0.4, 0.5) is 5.69 Å². The quantitative estimate of drug-likeness (QED) is 0.597. The number of carbonyl (C=O) groups is 1. The Morgan fingerprint density at radius 2 is 1.96 bits per heavy atom. The number of amides is 1. The number of nitrogens with zero attached hydrogens (tertiary/aromatic N) is 2. The van der Waals surface area contributed by atoms with Crippen molar-refractivity contribution in [3.63, 3.8) is 0 Å². The molecule has 0 aliphatic rings. The highest BCUT2D eigenvalue weighted by Crippen LogP contribution is 2.20. The smallest absolute Gasteiger partial charge is 0.277 e. The summed E-state index contributed by atoms with van der Waals surface area (Å²) in [4.78, 5) is 26.9. The van der Waals surface area contributed by atoms with E-state index in [2.05, 4.69) is 20.5 Å². The first-order valence-electron chi connectivity index (χ1n) is 8.40. The molecule has 6 nitrogen and oxygen atoms in total. The van der Waals surface area contributed by atoms with E-state index in [1.165, 1.54) is 0 Å². The number of aromatic nitrogens is 3. The second-order valence-corrected chi connectivity index (χ2v) is 7.29. The zero-order valence-electron chi connectivity index (χ0n) is 15.0. The lowest BCUT2D eigenvalue weighted by atomic mass is 10.2. The maximum Gasteiger partial charge on any atom is 0.277 e. The Balaban J connectivity index is 1.60. The molecular weight excluding hydrogens is 396 g/mol. The number of rotatable bonds is 6. The lowest BCUT2D eigenvalue weighted by molar-refractivity contribution is -0.113. The molecule has 8 heteroatoms. The molecule has 0 aliphatic carbocycles. The second kappa shape index (κ2) is 9.34. The van der Waals surface area contributed by atoms with Gasteiger partial charge in [0.05, 0.1) is 5.75 Å². The molecule has 0 radical (unpaired) electrons. The highest BCUT2D eigenvalue weighted by atomic mass is 35.5. The molecule has 3 aromatic rings. The number of anilines is 1. The average molecular weight is 413 g/mol. The maximum atomic E-state index is 12.1. The van der Waals surface area contributed by atoms with Gasteiger partial charge in [-0.1, -0.05) is 65.8 Å². The summed E-state index contributed by atoms with van der Waals surface area (Å²) in [5.74, 6) is -0.151. The number of hydrogen-bond donors (Lipinski definition) is 2. The molecule has 1 aromatic heterocycles. The van der Waals surface area contributed by atoms with Gasteiger partial charge in [0.15, 0.2) is 10.9 Å². The lowest BCUT2D eigenvalue weighted by Crippen LogP contribution is -2.17. The SMILES string of the molecule is Cc1ccc(Cl)cc1NC(=O)CSc1nnc(/C=C/c2ccccc2)c(=O)[nH]1. The highest BCUT2D eigenvalue weighted by molar-refractivity contribution is 7.99. The number of halogens is 1. The van der Waals surface area contributed by atoms with Crippen molar-refractivity contribution in [2.24, 2.45) is 0 Å². The number of thioether (sulfide) groups is 1. The predicted molar refractivity (Wildman–Crippen MR) is 114 cm³/mol. The van der Waals surface area contributed by atoms with Crippen molar-refractivity contribution >= 4 is 47.1 Å². The molecule has 3 rings (SSSR count). The third-order valence-electron chi connectivity index (χ3n) is 3.75. The number of hydrogen-bond acceptors (Lipinski definition) is 5. The van der Waals surface area contributed by atoms with E-state index in [1.54, 1.807) is 24.3 Å². The molecule has 0 spiro atoms. The second-order valence-electron chi connectivity index (χ2n) is 5.88. The largest absolute Gasteiger partial charge is 0.325 e. The first-order valence-corrected chi connectivity index (χ1v) is 9.76. The molecule has 0 bridgehead atoms. The number of aryl methyl sites for hydroxylation is 1. The Hall–Kier alpha value is -2.90. The van der Waals surface area contributed by atoms with E-state index < -0.39 is 0 Å². The predicted octanol–water partition coefficient (Wildman–Crippen LogP) is 4.03. The minimum atomic E-state index is -0.365. The molecule has 0 fully saturated rings. The fourth-order valence-electron chi connectivity index (χ4n) is 2.29.